The molecule has 0 radical (unpaired) electrons. The fourth-order valence-corrected chi connectivity index (χ4v) is 2.01. The van der Waals surface area contributed by atoms with Gasteiger partial charge in [-0.2, -0.15) is 0 Å². The first kappa shape index (κ1) is 9.56. The maximum atomic E-state index is 10.5. The van der Waals surface area contributed by atoms with Gasteiger partial charge in [-0.05, 0) is 24.7 Å². The Balaban J connectivity index is 2.30. The van der Waals surface area contributed by atoms with Crippen LogP contribution < -0.4 is 0 Å². The largest absolute Gasteiger partial charge is 0.481 e. The van der Waals surface area contributed by atoms with E-state index < -0.39 is 5.97 Å². The minimum Gasteiger partial charge on any atom is -0.481 e. The third kappa shape index (κ3) is 3.24. The first-order chi connectivity index (χ1) is 5.68. The van der Waals surface area contributed by atoms with Crippen molar-refractivity contribution >= 4 is 5.97 Å². The van der Waals surface area contributed by atoms with Gasteiger partial charge in [0, 0.05) is 6.42 Å². The molecular weight excluding hydrogens is 152 g/mol. The summed E-state index contributed by atoms with van der Waals surface area (Å²) in [4.78, 5) is 10.5. The zero-order valence-electron chi connectivity index (χ0n) is 7.75. The zero-order chi connectivity index (χ0) is 8.97. The van der Waals surface area contributed by atoms with Crippen LogP contribution in [0.1, 0.15) is 45.4 Å². The molecule has 12 heavy (non-hydrogen) atoms. The van der Waals surface area contributed by atoms with Crippen LogP contribution in [0.15, 0.2) is 0 Å². The summed E-state index contributed by atoms with van der Waals surface area (Å²) in [7, 11) is 0. The van der Waals surface area contributed by atoms with E-state index in [-0.39, 0.29) is 0 Å². The smallest absolute Gasteiger partial charge is 0.303 e. The molecule has 0 aliphatic heterocycles. The van der Waals surface area contributed by atoms with Crippen molar-refractivity contribution in [3.8, 4) is 0 Å². The average molecular weight is 170 g/mol. The first-order valence-electron chi connectivity index (χ1n) is 4.90. The van der Waals surface area contributed by atoms with E-state index in [2.05, 4.69) is 6.92 Å². The van der Waals surface area contributed by atoms with E-state index >= 15 is 0 Å². The second-order valence-corrected chi connectivity index (χ2v) is 4.08. The van der Waals surface area contributed by atoms with E-state index in [4.69, 9.17) is 5.11 Å². The van der Waals surface area contributed by atoms with Crippen molar-refractivity contribution in [3.63, 3.8) is 0 Å². The van der Waals surface area contributed by atoms with Crippen LogP contribution in [-0.2, 0) is 4.79 Å². The molecule has 0 saturated heterocycles. The summed E-state index contributed by atoms with van der Waals surface area (Å²) in [6.45, 7) is 2.27. The van der Waals surface area contributed by atoms with Gasteiger partial charge in [-0.1, -0.05) is 26.2 Å². The van der Waals surface area contributed by atoms with Gasteiger partial charge < -0.3 is 5.11 Å². The normalized spacial score (nSPS) is 31.1. The fourth-order valence-electron chi connectivity index (χ4n) is 2.01. The highest BCUT2D eigenvalue weighted by Crippen LogP contribution is 2.28. The molecule has 1 saturated carbocycles. The molecule has 2 heteroatoms. The van der Waals surface area contributed by atoms with Crippen molar-refractivity contribution in [2.24, 2.45) is 11.8 Å². The van der Waals surface area contributed by atoms with E-state index in [9.17, 15) is 4.79 Å². The van der Waals surface area contributed by atoms with Crippen molar-refractivity contribution in [3.05, 3.63) is 0 Å². The lowest BCUT2D eigenvalue weighted by molar-refractivity contribution is -0.138. The van der Waals surface area contributed by atoms with Crippen molar-refractivity contribution in [2.45, 2.75) is 45.4 Å². The summed E-state index contributed by atoms with van der Waals surface area (Å²) in [5.74, 6) is 0.630. The Morgan fingerprint density at radius 3 is 2.75 bits per heavy atom. The molecule has 0 amide bonds. The van der Waals surface area contributed by atoms with Gasteiger partial charge in [0.1, 0.15) is 0 Å². The molecule has 0 heterocycles. The lowest BCUT2D eigenvalue weighted by Gasteiger charge is -2.10. The van der Waals surface area contributed by atoms with Crippen LogP contribution in [0.4, 0.5) is 0 Å². The number of rotatable bonds is 2. The number of aliphatic carboxylic acids is 1. The Kier molecular flexibility index (Phi) is 3.57. The molecule has 1 rings (SSSR count). The lowest BCUT2D eigenvalue weighted by Crippen LogP contribution is -2.06. The molecule has 1 aliphatic carbocycles. The van der Waals surface area contributed by atoms with Crippen LogP contribution >= 0.6 is 0 Å². The molecule has 2 nitrogen and oxygen atoms in total. The van der Waals surface area contributed by atoms with Gasteiger partial charge in [-0.3, -0.25) is 4.79 Å². The van der Waals surface area contributed by atoms with E-state index in [0.29, 0.717) is 12.3 Å². The summed E-state index contributed by atoms with van der Waals surface area (Å²) in [5, 5.41) is 8.62. The van der Waals surface area contributed by atoms with Gasteiger partial charge >= 0.3 is 5.97 Å². The quantitative estimate of drug-likeness (QED) is 0.647. The molecular formula is C10H18O2. The molecule has 0 spiro atoms. The Bertz CT molecular complexity index is 154. The third-order valence-corrected chi connectivity index (χ3v) is 2.84. The van der Waals surface area contributed by atoms with Crippen molar-refractivity contribution in [2.75, 3.05) is 0 Å². The predicted octanol–water partition coefficient (Wildman–Crippen LogP) is 2.68. The van der Waals surface area contributed by atoms with Crippen molar-refractivity contribution < 1.29 is 9.90 Å². The maximum absolute atomic E-state index is 10.5. The summed E-state index contributed by atoms with van der Waals surface area (Å²) < 4.78 is 0. The molecule has 1 N–H and O–H groups in total. The van der Waals surface area contributed by atoms with Crippen LogP contribution in [0.2, 0.25) is 0 Å². The standard InChI is InChI=1S/C10H18O2/c1-8-3-2-4-9(6-5-8)7-10(11)12/h8-9H,2-7H2,1H3,(H,11,12)/t8?,9-/m1/s1. The van der Waals surface area contributed by atoms with E-state index in [1.54, 1.807) is 0 Å². The van der Waals surface area contributed by atoms with Crippen molar-refractivity contribution in [1.29, 1.82) is 0 Å². The molecule has 0 aromatic carbocycles. The summed E-state index contributed by atoms with van der Waals surface area (Å²) >= 11 is 0. The molecule has 1 fully saturated rings. The van der Waals surface area contributed by atoms with Crippen LogP contribution in [0.25, 0.3) is 0 Å². The third-order valence-electron chi connectivity index (χ3n) is 2.84. The Labute approximate surface area is 74.0 Å². The second kappa shape index (κ2) is 4.48. The topological polar surface area (TPSA) is 37.3 Å². The van der Waals surface area contributed by atoms with Gasteiger partial charge in [0.2, 0.25) is 0 Å². The lowest BCUT2D eigenvalue weighted by atomic mass is 9.96. The van der Waals surface area contributed by atoms with Gasteiger partial charge in [0.25, 0.3) is 0 Å². The van der Waals surface area contributed by atoms with E-state index in [1.165, 1.54) is 19.3 Å². The van der Waals surface area contributed by atoms with E-state index in [0.717, 1.165) is 18.8 Å². The molecule has 1 aliphatic rings. The Morgan fingerprint density at radius 2 is 2.08 bits per heavy atom. The van der Waals surface area contributed by atoms with Crippen molar-refractivity contribution in [1.82, 2.24) is 0 Å². The highest BCUT2D eigenvalue weighted by molar-refractivity contribution is 5.66. The second-order valence-electron chi connectivity index (χ2n) is 4.08. The van der Waals surface area contributed by atoms with Gasteiger partial charge in [-0.25, -0.2) is 0 Å². The number of carbonyl (C=O) groups is 1. The van der Waals surface area contributed by atoms with Gasteiger partial charge in [0.15, 0.2) is 0 Å². The molecule has 0 aromatic heterocycles. The average Bonchev–Trinajstić information content (AvgIpc) is 2.15. The summed E-state index contributed by atoms with van der Waals surface area (Å²) in [5.41, 5.74) is 0. The SMILES string of the molecule is CC1CCC[C@@H](CC(=O)O)CC1. The highest BCUT2D eigenvalue weighted by Gasteiger charge is 2.18. The number of carboxylic acid groups (broad SMARTS) is 1. The minimum atomic E-state index is -0.630. The van der Waals surface area contributed by atoms with Crippen LogP contribution in [0.3, 0.4) is 0 Å². The minimum absolute atomic E-state index is 0.382. The molecule has 2 atom stereocenters. The number of hydrogen-bond donors (Lipinski definition) is 1. The fraction of sp³-hybridized carbons (Fsp3) is 0.900. The highest BCUT2D eigenvalue weighted by atomic mass is 16.4. The van der Waals surface area contributed by atoms with E-state index in [1.807, 2.05) is 0 Å². The summed E-state index contributed by atoms with van der Waals surface area (Å²) in [6.07, 6.45) is 6.35. The maximum Gasteiger partial charge on any atom is 0.303 e. The molecule has 70 valence electrons. The Hall–Kier alpha value is -0.530. The van der Waals surface area contributed by atoms with Crippen LogP contribution in [0, 0.1) is 11.8 Å². The molecule has 0 aromatic rings. The predicted molar refractivity (Wildman–Crippen MR) is 48.0 cm³/mol. The molecule has 0 bridgehead atoms. The van der Waals surface area contributed by atoms with Crippen LogP contribution in [0.5, 0.6) is 0 Å². The van der Waals surface area contributed by atoms with Crippen LogP contribution in [-0.4, -0.2) is 11.1 Å². The first-order valence-corrected chi connectivity index (χ1v) is 4.90. The number of carboxylic acids is 1. The zero-order valence-corrected chi connectivity index (χ0v) is 7.75. The summed E-state index contributed by atoms with van der Waals surface area (Å²) in [6, 6.07) is 0. The Morgan fingerprint density at radius 1 is 1.33 bits per heavy atom. The van der Waals surface area contributed by atoms with Gasteiger partial charge in [0.05, 0.1) is 0 Å². The van der Waals surface area contributed by atoms with Gasteiger partial charge in [-0.15, -0.1) is 0 Å². The molecule has 1 unspecified atom stereocenters. The monoisotopic (exact) mass is 170 g/mol. The number of hydrogen-bond acceptors (Lipinski definition) is 1.